The molecule has 70 valence electrons. The van der Waals surface area contributed by atoms with Crippen LogP contribution in [0.25, 0.3) is 0 Å². The smallest absolute Gasteiger partial charge is 0.129 e. The number of aryl methyl sites for hydroxylation is 1. The van der Waals surface area contributed by atoms with E-state index in [0.717, 1.165) is 30.5 Å². The summed E-state index contributed by atoms with van der Waals surface area (Å²) in [7, 11) is 0. The van der Waals surface area contributed by atoms with Crippen molar-refractivity contribution in [3.05, 3.63) is 28.5 Å². The largest absolute Gasteiger partial charge is 0.385 e. The van der Waals surface area contributed by atoms with Crippen molar-refractivity contribution in [3.63, 3.8) is 0 Å². The summed E-state index contributed by atoms with van der Waals surface area (Å²) in [6, 6.07) is 3.62. The van der Waals surface area contributed by atoms with Crippen LogP contribution >= 0.6 is 11.6 Å². The number of aromatic nitrogens is 1. The van der Waals surface area contributed by atoms with Crippen molar-refractivity contribution in [1.82, 2.24) is 4.98 Å². The van der Waals surface area contributed by atoms with E-state index in [1.165, 1.54) is 0 Å². The highest BCUT2D eigenvalue weighted by atomic mass is 35.5. The van der Waals surface area contributed by atoms with Gasteiger partial charge in [0.15, 0.2) is 0 Å². The number of hydrogen-bond acceptors (Lipinski definition) is 2. The fourth-order valence-electron chi connectivity index (χ4n) is 1.89. The number of fused-ring (bicyclic) bond motifs is 1. The summed E-state index contributed by atoms with van der Waals surface area (Å²) in [4.78, 5) is 4.21. The summed E-state index contributed by atoms with van der Waals surface area (Å²) in [5.41, 5.74) is 1.16. The number of halogens is 1. The zero-order valence-corrected chi connectivity index (χ0v) is 8.30. The van der Waals surface area contributed by atoms with Crippen LogP contribution in [0.5, 0.6) is 0 Å². The van der Waals surface area contributed by atoms with E-state index in [1.54, 1.807) is 6.07 Å². The standard InChI is InChI=1S/C10H12ClNO/c1-10(13)6-2-3-8-7(10)4-5-9(11)12-8/h4-5,13H,2-3,6H2,1H3. The molecule has 1 aromatic heterocycles. The molecule has 0 spiro atoms. The van der Waals surface area contributed by atoms with Crippen LogP contribution in [0.1, 0.15) is 31.0 Å². The molecule has 0 radical (unpaired) electrons. The minimum atomic E-state index is -0.717. The van der Waals surface area contributed by atoms with Crippen LogP contribution in [-0.4, -0.2) is 10.1 Å². The average molecular weight is 198 g/mol. The first kappa shape index (κ1) is 8.97. The monoisotopic (exact) mass is 197 g/mol. The molecule has 1 heterocycles. The van der Waals surface area contributed by atoms with E-state index in [4.69, 9.17) is 11.6 Å². The molecule has 0 aliphatic heterocycles. The molecule has 1 unspecified atom stereocenters. The summed E-state index contributed by atoms with van der Waals surface area (Å²) in [6.07, 6.45) is 2.71. The Morgan fingerprint density at radius 2 is 2.31 bits per heavy atom. The van der Waals surface area contributed by atoms with E-state index in [2.05, 4.69) is 4.98 Å². The molecule has 13 heavy (non-hydrogen) atoms. The van der Waals surface area contributed by atoms with Crippen LogP contribution in [-0.2, 0) is 12.0 Å². The molecular formula is C10H12ClNO. The van der Waals surface area contributed by atoms with Gasteiger partial charge in [-0.3, -0.25) is 0 Å². The Hall–Kier alpha value is -0.600. The van der Waals surface area contributed by atoms with Crippen molar-refractivity contribution in [2.45, 2.75) is 31.8 Å². The molecular weight excluding hydrogens is 186 g/mol. The van der Waals surface area contributed by atoms with E-state index in [1.807, 2.05) is 13.0 Å². The zero-order chi connectivity index (χ0) is 9.47. The maximum absolute atomic E-state index is 10.0. The topological polar surface area (TPSA) is 33.1 Å². The minimum absolute atomic E-state index is 0.511. The summed E-state index contributed by atoms with van der Waals surface area (Å²) in [5.74, 6) is 0. The van der Waals surface area contributed by atoms with Gasteiger partial charge in [-0.25, -0.2) is 4.98 Å². The van der Waals surface area contributed by atoms with Gasteiger partial charge in [0.1, 0.15) is 5.15 Å². The van der Waals surface area contributed by atoms with Gasteiger partial charge in [-0.1, -0.05) is 17.7 Å². The van der Waals surface area contributed by atoms with Gasteiger partial charge < -0.3 is 5.11 Å². The van der Waals surface area contributed by atoms with Gasteiger partial charge in [-0.15, -0.1) is 0 Å². The number of pyridine rings is 1. The fraction of sp³-hybridized carbons (Fsp3) is 0.500. The second-order valence-electron chi connectivity index (χ2n) is 3.76. The highest BCUT2D eigenvalue weighted by molar-refractivity contribution is 6.29. The third-order valence-electron chi connectivity index (χ3n) is 2.60. The predicted molar refractivity (Wildman–Crippen MR) is 51.8 cm³/mol. The van der Waals surface area contributed by atoms with E-state index in [0.29, 0.717) is 5.15 Å². The van der Waals surface area contributed by atoms with Crippen molar-refractivity contribution < 1.29 is 5.11 Å². The SMILES string of the molecule is CC1(O)CCCc2nc(Cl)ccc21. The maximum Gasteiger partial charge on any atom is 0.129 e. The Labute approximate surface area is 82.6 Å². The molecule has 3 heteroatoms. The highest BCUT2D eigenvalue weighted by Crippen LogP contribution is 2.34. The molecule has 1 atom stereocenters. The van der Waals surface area contributed by atoms with Crippen molar-refractivity contribution in [1.29, 1.82) is 0 Å². The minimum Gasteiger partial charge on any atom is -0.385 e. The molecule has 0 aromatic carbocycles. The lowest BCUT2D eigenvalue weighted by Crippen LogP contribution is -2.27. The van der Waals surface area contributed by atoms with Crippen molar-refractivity contribution >= 4 is 11.6 Å². The molecule has 1 aromatic rings. The van der Waals surface area contributed by atoms with Crippen molar-refractivity contribution in [2.24, 2.45) is 0 Å². The van der Waals surface area contributed by atoms with Crippen LogP contribution in [0.2, 0.25) is 5.15 Å². The average Bonchev–Trinajstić information content (AvgIpc) is 2.02. The van der Waals surface area contributed by atoms with E-state index in [-0.39, 0.29) is 0 Å². The molecule has 2 rings (SSSR count). The Balaban J connectivity index is 2.53. The van der Waals surface area contributed by atoms with Gasteiger partial charge >= 0.3 is 0 Å². The first-order valence-corrected chi connectivity index (χ1v) is 4.86. The summed E-state index contributed by atoms with van der Waals surface area (Å²) >= 11 is 5.78. The highest BCUT2D eigenvalue weighted by Gasteiger charge is 2.30. The molecule has 0 saturated heterocycles. The number of aliphatic hydroxyl groups is 1. The zero-order valence-electron chi connectivity index (χ0n) is 7.55. The van der Waals surface area contributed by atoms with E-state index in [9.17, 15) is 5.11 Å². The summed E-state index contributed by atoms with van der Waals surface area (Å²) < 4.78 is 0. The molecule has 0 saturated carbocycles. The van der Waals surface area contributed by atoms with Gasteiger partial charge in [-0.2, -0.15) is 0 Å². The fourth-order valence-corrected chi connectivity index (χ4v) is 2.06. The van der Waals surface area contributed by atoms with Gasteiger partial charge in [0, 0.05) is 11.3 Å². The predicted octanol–water partition coefficient (Wildman–Crippen LogP) is 2.28. The first-order valence-electron chi connectivity index (χ1n) is 4.48. The molecule has 2 nitrogen and oxygen atoms in total. The van der Waals surface area contributed by atoms with Crippen LogP contribution < -0.4 is 0 Å². The lowest BCUT2D eigenvalue weighted by atomic mass is 9.83. The van der Waals surface area contributed by atoms with Gasteiger partial charge in [0.2, 0.25) is 0 Å². The van der Waals surface area contributed by atoms with E-state index >= 15 is 0 Å². The lowest BCUT2D eigenvalue weighted by molar-refractivity contribution is 0.0379. The third-order valence-corrected chi connectivity index (χ3v) is 2.81. The number of rotatable bonds is 0. The maximum atomic E-state index is 10.0. The summed E-state index contributed by atoms with van der Waals surface area (Å²) in [5, 5.41) is 10.5. The second kappa shape index (κ2) is 2.96. The van der Waals surface area contributed by atoms with Gasteiger partial charge in [-0.05, 0) is 32.3 Å². The van der Waals surface area contributed by atoms with Crippen LogP contribution in [0.15, 0.2) is 12.1 Å². The van der Waals surface area contributed by atoms with Crippen LogP contribution in [0.3, 0.4) is 0 Å². The molecule has 1 aliphatic rings. The Morgan fingerprint density at radius 3 is 3.08 bits per heavy atom. The molecule has 1 aliphatic carbocycles. The normalized spacial score (nSPS) is 27.0. The molecule has 1 N–H and O–H groups in total. The third kappa shape index (κ3) is 1.56. The number of hydrogen-bond donors (Lipinski definition) is 1. The number of nitrogens with zero attached hydrogens (tertiary/aromatic N) is 1. The quantitative estimate of drug-likeness (QED) is 0.648. The Kier molecular flexibility index (Phi) is 2.05. The second-order valence-corrected chi connectivity index (χ2v) is 4.14. The Bertz CT molecular complexity index is 336. The molecule has 0 amide bonds. The lowest BCUT2D eigenvalue weighted by Gasteiger charge is -2.30. The van der Waals surface area contributed by atoms with Gasteiger partial charge in [0.05, 0.1) is 5.60 Å². The van der Waals surface area contributed by atoms with Gasteiger partial charge in [0.25, 0.3) is 0 Å². The van der Waals surface area contributed by atoms with E-state index < -0.39 is 5.60 Å². The summed E-state index contributed by atoms with van der Waals surface area (Å²) in [6.45, 7) is 1.83. The molecule has 0 bridgehead atoms. The van der Waals surface area contributed by atoms with Crippen LogP contribution in [0, 0.1) is 0 Å². The first-order chi connectivity index (χ1) is 6.09. The Morgan fingerprint density at radius 1 is 1.54 bits per heavy atom. The van der Waals surface area contributed by atoms with Crippen LogP contribution in [0.4, 0.5) is 0 Å². The molecule has 0 fully saturated rings. The van der Waals surface area contributed by atoms with Crippen molar-refractivity contribution in [2.75, 3.05) is 0 Å². The van der Waals surface area contributed by atoms with Crippen molar-refractivity contribution in [3.8, 4) is 0 Å².